The number of nitrogens with one attached hydrogen (secondary N) is 1. The summed E-state index contributed by atoms with van der Waals surface area (Å²) in [6, 6.07) is 7.41. The van der Waals surface area contributed by atoms with Crippen LogP contribution in [0.3, 0.4) is 0 Å². The maximum Gasteiger partial charge on any atom is 0.271 e. The zero-order chi connectivity index (χ0) is 28.1. The number of non-ortho nitro benzene ring substituents is 1. The number of hydrogen-bond donors (Lipinski definition) is 1. The van der Waals surface area contributed by atoms with E-state index < -0.39 is 39.3 Å². The van der Waals surface area contributed by atoms with Crippen molar-refractivity contribution in [2.24, 2.45) is 0 Å². The molecule has 0 aromatic heterocycles. The highest BCUT2D eigenvalue weighted by molar-refractivity contribution is 7.92. The Balaban J connectivity index is 2.59. The lowest BCUT2D eigenvalue weighted by Gasteiger charge is -2.33. The van der Waals surface area contributed by atoms with Crippen molar-refractivity contribution in [1.82, 2.24) is 10.2 Å². The number of aryl methyl sites for hydroxylation is 1. The average molecular weight is 573 g/mol. The van der Waals surface area contributed by atoms with Crippen LogP contribution in [0.2, 0.25) is 10.0 Å². The molecule has 37 heavy (non-hydrogen) atoms. The van der Waals surface area contributed by atoms with Gasteiger partial charge in [0.05, 0.1) is 16.9 Å². The van der Waals surface area contributed by atoms with E-state index in [-0.39, 0.29) is 40.4 Å². The zero-order valence-electron chi connectivity index (χ0n) is 21.2. The minimum absolute atomic E-state index is 0.0135. The van der Waals surface area contributed by atoms with Crippen LogP contribution in [-0.4, -0.2) is 54.9 Å². The lowest BCUT2D eigenvalue weighted by molar-refractivity contribution is -0.384. The fourth-order valence-electron chi connectivity index (χ4n) is 3.73. The van der Waals surface area contributed by atoms with Crippen LogP contribution in [0.1, 0.15) is 38.3 Å². The highest BCUT2D eigenvalue weighted by Crippen LogP contribution is 2.30. The molecule has 2 aromatic carbocycles. The number of nitro groups is 1. The van der Waals surface area contributed by atoms with Crippen LogP contribution in [0.5, 0.6) is 0 Å². The quantitative estimate of drug-likeness (QED) is 0.315. The Hall–Kier alpha value is -2.89. The molecule has 2 amide bonds. The molecule has 2 rings (SSSR count). The summed E-state index contributed by atoms with van der Waals surface area (Å²) in [7, 11) is -4.06. The maximum absolute atomic E-state index is 13.7. The topological polar surface area (TPSA) is 130 Å². The molecule has 0 bridgehead atoms. The van der Waals surface area contributed by atoms with Gasteiger partial charge in [-0.1, -0.05) is 42.3 Å². The average Bonchev–Trinajstić information content (AvgIpc) is 2.78. The highest BCUT2D eigenvalue weighted by atomic mass is 35.5. The Kier molecular flexibility index (Phi) is 10.3. The Bertz CT molecular complexity index is 1270. The van der Waals surface area contributed by atoms with Gasteiger partial charge in [0.25, 0.3) is 5.69 Å². The summed E-state index contributed by atoms with van der Waals surface area (Å²) in [5.74, 6) is -1.13. The third kappa shape index (κ3) is 7.80. The number of halogens is 2. The molecular formula is C24H30Cl2N4O6S. The smallest absolute Gasteiger partial charge is 0.271 e. The van der Waals surface area contributed by atoms with Crippen molar-refractivity contribution in [3.05, 3.63) is 67.7 Å². The van der Waals surface area contributed by atoms with Gasteiger partial charge in [-0.05, 0) is 44.9 Å². The predicted molar refractivity (Wildman–Crippen MR) is 144 cm³/mol. The van der Waals surface area contributed by atoms with Gasteiger partial charge < -0.3 is 10.2 Å². The van der Waals surface area contributed by atoms with Gasteiger partial charge in [0, 0.05) is 40.3 Å². The third-order valence-corrected chi connectivity index (χ3v) is 7.39. The Morgan fingerprint density at radius 2 is 1.73 bits per heavy atom. The number of sulfonamides is 1. The second kappa shape index (κ2) is 12.6. The van der Waals surface area contributed by atoms with Crippen LogP contribution in [0.15, 0.2) is 36.4 Å². The van der Waals surface area contributed by atoms with Gasteiger partial charge >= 0.3 is 0 Å². The van der Waals surface area contributed by atoms with Crippen molar-refractivity contribution in [2.45, 2.75) is 52.7 Å². The number of benzene rings is 2. The second-order valence-electron chi connectivity index (χ2n) is 8.81. The van der Waals surface area contributed by atoms with E-state index in [4.69, 9.17) is 23.2 Å². The molecular weight excluding hydrogens is 543 g/mol. The highest BCUT2D eigenvalue weighted by Gasteiger charge is 2.33. The number of rotatable bonds is 11. The second-order valence-corrected chi connectivity index (χ2v) is 11.5. The van der Waals surface area contributed by atoms with Crippen molar-refractivity contribution in [2.75, 3.05) is 17.1 Å². The van der Waals surface area contributed by atoms with E-state index in [0.717, 1.165) is 16.6 Å². The Morgan fingerprint density at radius 1 is 1.14 bits per heavy atom. The van der Waals surface area contributed by atoms with Crippen molar-refractivity contribution < 1.29 is 22.9 Å². The number of nitrogens with zero attached hydrogens (tertiary/aromatic N) is 3. The predicted octanol–water partition coefficient (Wildman–Crippen LogP) is 4.31. The SMILES string of the molecule is CC[C@H](C(=O)NC(C)C)N(Cc1c(Cl)cccc1Cl)C(=O)CN(c1cc([N+](=O)[O-])ccc1C)S(C)(=O)=O. The fourth-order valence-corrected chi connectivity index (χ4v) is 5.14. The van der Waals surface area contributed by atoms with Gasteiger partial charge in [-0.25, -0.2) is 8.42 Å². The van der Waals surface area contributed by atoms with E-state index >= 15 is 0 Å². The molecule has 0 aliphatic carbocycles. The van der Waals surface area contributed by atoms with Gasteiger partial charge in [0.15, 0.2) is 0 Å². The van der Waals surface area contributed by atoms with Crippen LogP contribution in [0.25, 0.3) is 0 Å². The molecule has 10 nitrogen and oxygen atoms in total. The van der Waals surface area contributed by atoms with Gasteiger partial charge in [0.1, 0.15) is 12.6 Å². The molecule has 202 valence electrons. The number of carbonyl (C=O) groups is 2. The molecule has 0 heterocycles. The lowest BCUT2D eigenvalue weighted by atomic mass is 10.1. The van der Waals surface area contributed by atoms with Crippen molar-refractivity contribution >= 4 is 56.4 Å². The maximum atomic E-state index is 13.7. The van der Waals surface area contributed by atoms with Gasteiger partial charge in [-0.15, -0.1) is 0 Å². The minimum atomic E-state index is -4.06. The molecule has 0 saturated carbocycles. The minimum Gasteiger partial charge on any atom is -0.352 e. The molecule has 1 atom stereocenters. The molecule has 0 aliphatic rings. The summed E-state index contributed by atoms with van der Waals surface area (Å²) in [6.45, 7) is 5.99. The van der Waals surface area contributed by atoms with E-state index in [1.54, 1.807) is 45.9 Å². The first kappa shape index (κ1) is 30.3. The van der Waals surface area contributed by atoms with Crippen LogP contribution in [-0.2, 0) is 26.2 Å². The van der Waals surface area contributed by atoms with Crippen molar-refractivity contribution in [3.63, 3.8) is 0 Å². The molecule has 0 unspecified atom stereocenters. The van der Waals surface area contributed by atoms with Crippen molar-refractivity contribution in [1.29, 1.82) is 0 Å². The summed E-state index contributed by atoms with van der Waals surface area (Å²) < 4.78 is 26.3. The van der Waals surface area contributed by atoms with Gasteiger partial charge in [-0.2, -0.15) is 0 Å². The standard InChI is InChI=1S/C24H30Cl2N4O6S/c1-6-21(24(32)27-15(2)3)28(13-18-19(25)8-7-9-20(18)26)23(31)14-29(37(5,35)36)22-12-17(30(33)34)11-10-16(22)4/h7-12,15,21H,6,13-14H2,1-5H3,(H,27,32)/t21-/m1/s1. The van der Waals surface area contributed by atoms with E-state index in [1.165, 1.54) is 17.0 Å². The molecule has 1 N–H and O–H groups in total. The van der Waals surface area contributed by atoms with E-state index in [2.05, 4.69) is 5.32 Å². The summed E-state index contributed by atoms with van der Waals surface area (Å²) in [4.78, 5) is 38.7. The molecule has 2 aromatic rings. The van der Waals surface area contributed by atoms with Crippen LogP contribution in [0.4, 0.5) is 11.4 Å². The van der Waals surface area contributed by atoms with E-state index in [9.17, 15) is 28.1 Å². The molecule has 0 fully saturated rings. The van der Waals surface area contributed by atoms with Crippen LogP contribution < -0.4 is 9.62 Å². The summed E-state index contributed by atoms with van der Waals surface area (Å²) in [5.41, 5.74) is 0.464. The molecule has 0 radical (unpaired) electrons. The van der Waals surface area contributed by atoms with Gasteiger partial charge in [0.2, 0.25) is 21.8 Å². The Labute approximate surface area is 226 Å². The number of nitro benzene ring substituents is 1. The normalized spacial score (nSPS) is 12.2. The van der Waals surface area contributed by atoms with Gasteiger partial charge in [-0.3, -0.25) is 24.0 Å². The van der Waals surface area contributed by atoms with E-state index in [1.807, 2.05) is 0 Å². The largest absolute Gasteiger partial charge is 0.352 e. The molecule has 0 saturated heterocycles. The lowest BCUT2D eigenvalue weighted by Crippen LogP contribution is -2.53. The summed E-state index contributed by atoms with van der Waals surface area (Å²) in [6.07, 6.45) is 1.12. The number of anilines is 1. The zero-order valence-corrected chi connectivity index (χ0v) is 23.5. The Morgan fingerprint density at radius 3 is 2.22 bits per heavy atom. The van der Waals surface area contributed by atoms with Crippen LogP contribution in [0, 0.1) is 17.0 Å². The van der Waals surface area contributed by atoms with E-state index in [0.29, 0.717) is 11.1 Å². The summed E-state index contributed by atoms with van der Waals surface area (Å²) in [5, 5.41) is 14.7. The number of amides is 2. The van der Waals surface area contributed by atoms with Crippen LogP contribution >= 0.6 is 23.2 Å². The number of carbonyl (C=O) groups excluding carboxylic acids is 2. The first-order valence-corrected chi connectivity index (χ1v) is 14.0. The molecule has 0 aliphatic heterocycles. The monoisotopic (exact) mass is 572 g/mol. The molecule has 13 heteroatoms. The fraction of sp³-hybridized carbons (Fsp3) is 0.417. The summed E-state index contributed by atoms with van der Waals surface area (Å²) >= 11 is 12.7. The number of hydrogen-bond acceptors (Lipinski definition) is 6. The molecule has 0 spiro atoms. The first-order chi connectivity index (χ1) is 17.2. The first-order valence-electron chi connectivity index (χ1n) is 11.4. The van der Waals surface area contributed by atoms with Crippen molar-refractivity contribution in [3.8, 4) is 0 Å². The third-order valence-electron chi connectivity index (χ3n) is 5.56.